The zero-order chi connectivity index (χ0) is 23.5. The second-order valence-corrected chi connectivity index (χ2v) is 8.98. The summed E-state index contributed by atoms with van der Waals surface area (Å²) >= 11 is 12.8. The molecule has 2 N–H and O–H groups in total. The number of hydrogen-bond acceptors (Lipinski definition) is 5. The fourth-order valence-corrected chi connectivity index (χ4v) is 4.29. The monoisotopic (exact) mass is 474 g/mol. The maximum atomic E-state index is 12.9. The summed E-state index contributed by atoms with van der Waals surface area (Å²) in [6, 6.07) is 3.34. The number of carbonyl (C=O) groups excluding carboxylic acids is 3. The minimum atomic E-state index is -0.903. The topological polar surface area (TPSA) is 101 Å². The molecule has 3 rings (SSSR count). The average molecular weight is 475 g/mol. The van der Waals surface area contributed by atoms with Crippen LogP contribution in [0.4, 0.5) is 0 Å². The molecular weight excluding hydrogens is 451 g/mol. The summed E-state index contributed by atoms with van der Waals surface area (Å²) in [4.78, 5) is 45.1. The molecule has 1 aliphatic rings. The molecule has 1 aliphatic heterocycles. The van der Waals surface area contributed by atoms with E-state index in [1.807, 2.05) is 0 Å². The number of halogens is 2. The van der Waals surface area contributed by atoms with Gasteiger partial charge in [-0.3, -0.25) is 29.7 Å². The number of allylic oxidation sites excluding steroid dienone is 1. The van der Waals surface area contributed by atoms with Gasteiger partial charge in [-0.15, -0.1) is 6.58 Å². The number of nitrogens with one attached hydrogen (secondary N) is 2. The summed E-state index contributed by atoms with van der Waals surface area (Å²) < 4.78 is 0. The summed E-state index contributed by atoms with van der Waals surface area (Å²) in [6.45, 7) is 7.41. The van der Waals surface area contributed by atoms with Crippen molar-refractivity contribution in [3.63, 3.8) is 0 Å². The first-order chi connectivity index (χ1) is 15.1. The van der Waals surface area contributed by atoms with E-state index >= 15 is 0 Å². The molecule has 0 bridgehead atoms. The van der Waals surface area contributed by atoms with E-state index in [1.165, 1.54) is 0 Å². The molecule has 1 fully saturated rings. The van der Waals surface area contributed by atoms with E-state index in [2.05, 4.69) is 27.2 Å². The Morgan fingerprint density at radius 3 is 2.50 bits per heavy atom. The van der Waals surface area contributed by atoms with Crippen LogP contribution in [0.15, 0.2) is 37.2 Å². The van der Waals surface area contributed by atoms with Crippen LogP contribution in [0.5, 0.6) is 0 Å². The molecule has 168 valence electrons. The van der Waals surface area contributed by atoms with Gasteiger partial charge < -0.3 is 5.32 Å². The molecule has 2 aromatic rings. The normalized spacial score (nSPS) is 16.4. The van der Waals surface area contributed by atoms with Gasteiger partial charge in [0.05, 0.1) is 22.7 Å². The van der Waals surface area contributed by atoms with E-state index in [-0.39, 0.29) is 24.8 Å². The second kappa shape index (κ2) is 9.79. The Balaban J connectivity index is 1.71. The Bertz CT molecular complexity index is 1040. The number of hydrogen-bond donors (Lipinski definition) is 2. The van der Waals surface area contributed by atoms with E-state index in [0.29, 0.717) is 39.7 Å². The highest BCUT2D eigenvalue weighted by molar-refractivity contribution is 6.36. The fourth-order valence-electron chi connectivity index (χ4n) is 3.49. The SMILES string of the molecule is C=CCc1cnc(C(C)(C)C(=O)NCc2cc(Cl)c(C3CCC(=O)NC3=O)c(Cl)c2)cn1. The molecule has 2 heterocycles. The van der Waals surface area contributed by atoms with Crippen molar-refractivity contribution in [2.45, 2.75) is 51.0 Å². The number of rotatable bonds is 7. The lowest BCUT2D eigenvalue weighted by molar-refractivity contribution is -0.134. The first-order valence-corrected chi connectivity index (χ1v) is 10.9. The van der Waals surface area contributed by atoms with Crippen LogP contribution in [0, 0.1) is 0 Å². The number of carbonyl (C=O) groups is 3. The first kappa shape index (κ1) is 23.9. The molecule has 0 radical (unpaired) electrons. The van der Waals surface area contributed by atoms with Gasteiger partial charge in [0, 0.05) is 47.4 Å². The summed E-state index contributed by atoms with van der Waals surface area (Å²) in [5.74, 6) is -1.53. The molecular formula is C23H24Cl2N4O3. The van der Waals surface area contributed by atoms with Crippen LogP contribution in [-0.2, 0) is 32.8 Å². The quantitative estimate of drug-likeness (QED) is 0.471. The molecule has 3 amide bonds. The van der Waals surface area contributed by atoms with E-state index in [0.717, 1.165) is 5.69 Å². The molecule has 1 atom stereocenters. The van der Waals surface area contributed by atoms with Gasteiger partial charge in [0.1, 0.15) is 0 Å². The Kier molecular flexibility index (Phi) is 7.31. The van der Waals surface area contributed by atoms with Gasteiger partial charge in [-0.1, -0.05) is 29.3 Å². The van der Waals surface area contributed by atoms with Gasteiger partial charge in [-0.25, -0.2) is 0 Å². The molecule has 0 aliphatic carbocycles. The summed E-state index contributed by atoms with van der Waals surface area (Å²) in [6.07, 6.45) is 6.16. The minimum absolute atomic E-state index is 0.194. The van der Waals surface area contributed by atoms with E-state index in [1.54, 1.807) is 44.4 Å². The van der Waals surface area contributed by atoms with Crippen LogP contribution in [0.2, 0.25) is 10.0 Å². The van der Waals surface area contributed by atoms with Crippen molar-refractivity contribution in [2.24, 2.45) is 0 Å². The molecule has 1 aromatic heterocycles. The number of benzene rings is 1. The van der Waals surface area contributed by atoms with Crippen molar-refractivity contribution in [1.82, 2.24) is 20.6 Å². The average Bonchev–Trinajstić information content (AvgIpc) is 2.73. The maximum Gasteiger partial charge on any atom is 0.234 e. The first-order valence-electron chi connectivity index (χ1n) is 10.2. The fraction of sp³-hybridized carbons (Fsp3) is 0.348. The van der Waals surface area contributed by atoms with Crippen LogP contribution in [0.1, 0.15) is 55.1 Å². The molecule has 0 saturated carbocycles. The van der Waals surface area contributed by atoms with E-state index in [4.69, 9.17) is 23.2 Å². The highest BCUT2D eigenvalue weighted by atomic mass is 35.5. The molecule has 9 heteroatoms. The van der Waals surface area contributed by atoms with Gasteiger partial charge in [-0.2, -0.15) is 0 Å². The predicted molar refractivity (Wildman–Crippen MR) is 122 cm³/mol. The lowest BCUT2D eigenvalue weighted by Crippen LogP contribution is -2.40. The van der Waals surface area contributed by atoms with E-state index in [9.17, 15) is 14.4 Å². The molecule has 1 unspecified atom stereocenters. The third kappa shape index (κ3) is 5.16. The third-order valence-corrected chi connectivity index (χ3v) is 6.07. The maximum absolute atomic E-state index is 12.9. The molecule has 0 spiro atoms. The lowest BCUT2D eigenvalue weighted by Gasteiger charge is -2.24. The van der Waals surface area contributed by atoms with Crippen molar-refractivity contribution in [3.05, 3.63) is 69.7 Å². The molecule has 1 saturated heterocycles. The number of aromatic nitrogens is 2. The summed E-state index contributed by atoms with van der Waals surface area (Å²) in [5, 5.41) is 5.83. The standard InChI is InChI=1S/C23H24Cl2N4O3/c1-4-5-14-11-27-18(12-26-14)23(2,3)22(32)28-10-13-8-16(24)20(17(25)9-13)15-6-7-19(30)29-21(15)31/h4,8-9,11-12,15H,1,5-7,10H2,2-3H3,(H,28,32)(H,29,30,31). The predicted octanol–water partition coefficient (Wildman–Crippen LogP) is 3.63. The number of piperidine rings is 1. The lowest BCUT2D eigenvalue weighted by atomic mass is 9.88. The van der Waals surface area contributed by atoms with Crippen LogP contribution in [0.25, 0.3) is 0 Å². The van der Waals surface area contributed by atoms with Gasteiger partial charge in [0.25, 0.3) is 0 Å². The Labute approximate surface area is 196 Å². The van der Waals surface area contributed by atoms with Gasteiger partial charge in [-0.05, 0) is 38.0 Å². The van der Waals surface area contributed by atoms with Crippen LogP contribution in [0.3, 0.4) is 0 Å². The van der Waals surface area contributed by atoms with E-state index < -0.39 is 17.2 Å². The van der Waals surface area contributed by atoms with Gasteiger partial charge >= 0.3 is 0 Å². The third-order valence-electron chi connectivity index (χ3n) is 5.45. The van der Waals surface area contributed by atoms with Crippen LogP contribution >= 0.6 is 23.2 Å². The Morgan fingerprint density at radius 2 is 1.94 bits per heavy atom. The molecule has 7 nitrogen and oxygen atoms in total. The minimum Gasteiger partial charge on any atom is -0.351 e. The van der Waals surface area contributed by atoms with Crippen molar-refractivity contribution in [1.29, 1.82) is 0 Å². The highest BCUT2D eigenvalue weighted by Gasteiger charge is 2.33. The summed E-state index contributed by atoms with van der Waals surface area (Å²) in [7, 11) is 0. The van der Waals surface area contributed by atoms with Crippen LogP contribution < -0.4 is 10.6 Å². The Hall–Kier alpha value is -2.77. The highest BCUT2D eigenvalue weighted by Crippen LogP contribution is 2.37. The zero-order valence-corrected chi connectivity index (χ0v) is 19.4. The van der Waals surface area contributed by atoms with Gasteiger partial charge in [0.2, 0.25) is 17.7 Å². The van der Waals surface area contributed by atoms with Crippen molar-refractivity contribution >= 4 is 40.9 Å². The second-order valence-electron chi connectivity index (χ2n) is 8.17. The molecule has 1 aromatic carbocycles. The van der Waals surface area contributed by atoms with Crippen LogP contribution in [-0.4, -0.2) is 27.7 Å². The van der Waals surface area contributed by atoms with Gasteiger partial charge in [0.15, 0.2) is 0 Å². The van der Waals surface area contributed by atoms with Crippen molar-refractivity contribution in [3.8, 4) is 0 Å². The Morgan fingerprint density at radius 1 is 1.25 bits per heavy atom. The van der Waals surface area contributed by atoms with Crippen molar-refractivity contribution < 1.29 is 14.4 Å². The molecule has 32 heavy (non-hydrogen) atoms. The number of amides is 3. The largest absolute Gasteiger partial charge is 0.351 e. The number of nitrogens with zero attached hydrogens (tertiary/aromatic N) is 2. The number of imide groups is 1. The zero-order valence-electron chi connectivity index (χ0n) is 17.9. The smallest absolute Gasteiger partial charge is 0.234 e. The van der Waals surface area contributed by atoms with Crippen molar-refractivity contribution in [2.75, 3.05) is 0 Å². The summed E-state index contributed by atoms with van der Waals surface area (Å²) in [5.41, 5.74) is 1.60.